The maximum absolute atomic E-state index is 8.66. The van der Waals surface area contributed by atoms with E-state index in [-0.39, 0.29) is 13.4 Å². The Morgan fingerprint density at radius 3 is 2.88 bits per heavy atom. The van der Waals surface area contributed by atoms with Gasteiger partial charge in [-0.1, -0.05) is 24.0 Å². The molecule has 0 aromatic heterocycles. The molecule has 90 valence electrons. The standard InChI is InChI=1S/C14H16O3/c15-9-3-5-13-4-1-2-6-14(13)17-11-16-10-12-7-8-12/h1-2,4,6,12,15H,7-11H2. The fourth-order valence-electron chi connectivity index (χ4n) is 1.43. The van der Waals surface area contributed by atoms with Gasteiger partial charge in [-0.2, -0.15) is 0 Å². The lowest BCUT2D eigenvalue weighted by Crippen LogP contribution is -2.05. The van der Waals surface area contributed by atoms with Crippen LogP contribution in [0.3, 0.4) is 0 Å². The Morgan fingerprint density at radius 2 is 2.12 bits per heavy atom. The summed E-state index contributed by atoms with van der Waals surface area (Å²) in [7, 11) is 0. The fraction of sp³-hybridized carbons (Fsp3) is 0.429. The van der Waals surface area contributed by atoms with Crippen molar-refractivity contribution >= 4 is 0 Å². The van der Waals surface area contributed by atoms with Gasteiger partial charge >= 0.3 is 0 Å². The number of benzene rings is 1. The number of ether oxygens (including phenoxy) is 2. The van der Waals surface area contributed by atoms with Gasteiger partial charge in [-0.25, -0.2) is 0 Å². The molecular formula is C14H16O3. The Hall–Kier alpha value is -1.50. The van der Waals surface area contributed by atoms with Crippen molar-refractivity contribution in [2.24, 2.45) is 5.92 Å². The molecule has 0 unspecified atom stereocenters. The van der Waals surface area contributed by atoms with Crippen LogP contribution in [-0.2, 0) is 4.74 Å². The van der Waals surface area contributed by atoms with Crippen LogP contribution in [0.2, 0.25) is 0 Å². The summed E-state index contributed by atoms with van der Waals surface area (Å²) in [6, 6.07) is 7.49. The van der Waals surface area contributed by atoms with Gasteiger partial charge in [0, 0.05) is 0 Å². The summed E-state index contributed by atoms with van der Waals surface area (Å²) < 4.78 is 10.9. The van der Waals surface area contributed by atoms with E-state index in [1.54, 1.807) is 0 Å². The first-order valence-electron chi connectivity index (χ1n) is 5.79. The van der Waals surface area contributed by atoms with E-state index in [2.05, 4.69) is 11.8 Å². The van der Waals surface area contributed by atoms with E-state index in [1.165, 1.54) is 12.8 Å². The summed E-state index contributed by atoms with van der Waals surface area (Å²) in [6.45, 7) is 0.894. The van der Waals surface area contributed by atoms with Crippen molar-refractivity contribution in [2.75, 3.05) is 20.0 Å². The van der Waals surface area contributed by atoms with Gasteiger partial charge in [-0.15, -0.1) is 0 Å². The van der Waals surface area contributed by atoms with Crippen molar-refractivity contribution in [3.63, 3.8) is 0 Å². The van der Waals surface area contributed by atoms with Crippen LogP contribution in [0, 0.1) is 17.8 Å². The van der Waals surface area contributed by atoms with E-state index in [0.29, 0.717) is 5.75 Å². The van der Waals surface area contributed by atoms with Gasteiger partial charge in [-0.3, -0.25) is 0 Å². The predicted molar refractivity (Wildman–Crippen MR) is 64.6 cm³/mol. The lowest BCUT2D eigenvalue weighted by molar-refractivity contribution is 0.00983. The molecule has 1 aliphatic rings. The van der Waals surface area contributed by atoms with Crippen molar-refractivity contribution in [3.05, 3.63) is 29.8 Å². The fourth-order valence-corrected chi connectivity index (χ4v) is 1.43. The minimum absolute atomic E-state index is 0.146. The molecular weight excluding hydrogens is 216 g/mol. The molecule has 1 aromatic rings. The average Bonchev–Trinajstić information content (AvgIpc) is 3.17. The van der Waals surface area contributed by atoms with E-state index in [4.69, 9.17) is 14.6 Å². The van der Waals surface area contributed by atoms with Crippen LogP contribution in [0.4, 0.5) is 0 Å². The number of aliphatic hydroxyl groups excluding tert-OH is 1. The second kappa shape index (κ2) is 6.29. The second-order valence-electron chi connectivity index (χ2n) is 4.03. The summed E-state index contributed by atoms with van der Waals surface area (Å²) in [4.78, 5) is 0. The highest BCUT2D eigenvalue weighted by atomic mass is 16.7. The monoisotopic (exact) mass is 232 g/mol. The third kappa shape index (κ3) is 4.10. The average molecular weight is 232 g/mol. The van der Waals surface area contributed by atoms with E-state index in [9.17, 15) is 0 Å². The molecule has 1 aliphatic carbocycles. The molecule has 2 rings (SSSR count). The first-order valence-corrected chi connectivity index (χ1v) is 5.79. The summed E-state index contributed by atoms with van der Waals surface area (Å²) >= 11 is 0. The minimum Gasteiger partial charge on any atom is -0.466 e. The molecule has 0 aliphatic heterocycles. The topological polar surface area (TPSA) is 38.7 Å². The third-order valence-electron chi connectivity index (χ3n) is 2.54. The molecule has 0 atom stereocenters. The van der Waals surface area contributed by atoms with Crippen LogP contribution < -0.4 is 4.74 Å². The summed E-state index contributed by atoms with van der Waals surface area (Å²) in [5.41, 5.74) is 0.775. The second-order valence-corrected chi connectivity index (χ2v) is 4.03. The van der Waals surface area contributed by atoms with E-state index >= 15 is 0 Å². The van der Waals surface area contributed by atoms with Crippen LogP contribution in [0.15, 0.2) is 24.3 Å². The van der Waals surface area contributed by atoms with Gasteiger partial charge in [0.15, 0.2) is 6.79 Å². The molecule has 1 fully saturated rings. The van der Waals surface area contributed by atoms with Crippen molar-refractivity contribution < 1.29 is 14.6 Å². The van der Waals surface area contributed by atoms with Crippen molar-refractivity contribution in [1.82, 2.24) is 0 Å². The highest BCUT2D eigenvalue weighted by Crippen LogP contribution is 2.28. The van der Waals surface area contributed by atoms with E-state index in [0.717, 1.165) is 18.1 Å². The molecule has 17 heavy (non-hydrogen) atoms. The Morgan fingerprint density at radius 1 is 1.29 bits per heavy atom. The Bertz CT molecular complexity index is 413. The van der Waals surface area contributed by atoms with E-state index < -0.39 is 0 Å². The smallest absolute Gasteiger partial charge is 0.189 e. The minimum atomic E-state index is -0.146. The SMILES string of the molecule is OCC#Cc1ccccc1OCOCC1CC1. The lowest BCUT2D eigenvalue weighted by Gasteiger charge is -2.08. The Balaban J connectivity index is 1.84. The van der Waals surface area contributed by atoms with Gasteiger partial charge in [-0.05, 0) is 30.9 Å². The maximum Gasteiger partial charge on any atom is 0.189 e. The number of aliphatic hydroxyl groups is 1. The zero-order valence-electron chi connectivity index (χ0n) is 9.69. The molecule has 0 spiro atoms. The zero-order chi connectivity index (χ0) is 11.9. The van der Waals surface area contributed by atoms with Crippen molar-refractivity contribution in [3.8, 4) is 17.6 Å². The largest absolute Gasteiger partial charge is 0.466 e. The zero-order valence-corrected chi connectivity index (χ0v) is 9.69. The summed E-state index contributed by atoms with van der Waals surface area (Å²) in [5, 5.41) is 8.66. The number of para-hydroxylation sites is 1. The van der Waals surface area contributed by atoms with Crippen LogP contribution in [0.25, 0.3) is 0 Å². The van der Waals surface area contributed by atoms with Gasteiger partial charge in [0.05, 0.1) is 12.2 Å². The number of rotatable bonds is 5. The Labute approximate surface area is 101 Å². The van der Waals surface area contributed by atoms with Crippen LogP contribution in [0.1, 0.15) is 18.4 Å². The first kappa shape index (κ1) is 12.0. The van der Waals surface area contributed by atoms with Crippen LogP contribution in [-0.4, -0.2) is 25.1 Å². The highest BCUT2D eigenvalue weighted by Gasteiger charge is 2.21. The van der Waals surface area contributed by atoms with Gasteiger partial charge < -0.3 is 14.6 Å². The first-order chi connectivity index (χ1) is 8.40. The van der Waals surface area contributed by atoms with Gasteiger partial charge in [0.2, 0.25) is 0 Å². The molecule has 0 radical (unpaired) electrons. The van der Waals surface area contributed by atoms with Gasteiger partial charge in [0.25, 0.3) is 0 Å². The molecule has 1 saturated carbocycles. The molecule has 0 amide bonds. The number of hydrogen-bond acceptors (Lipinski definition) is 3. The normalized spacial score (nSPS) is 13.9. The number of hydrogen-bond donors (Lipinski definition) is 1. The molecule has 0 bridgehead atoms. The molecule has 0 heterocycles. The lowest BCUT2D eigenvalue weighted by atomic mass is 10.2. The maximum atomic E-state index is 8.66. The molecule has 1 aromatic carbocycles. The van der Waals surface area contributed by atoms with Crippen LogP contribution in [0.5, 0.6) is 5.75 Å². The quantitative estimate of drug-likeness (QED) is 0.478. The van der Waals surface area contributed by atoms with Crippen molar-refractivity contribution in [1.29, 1.82) is 0 Å². The van der Waals surface area contributed by atoms with Gasteiger partial charge in [0.1, 0.15) is 12.4 Å². The Kier molecular flexibility index (Phi) is 4.43. The predicted octanol–water partition coefficient (Wildman–Crippen LogP) is 1.79. The third-order valence-corrected chi connectivity index (χ3v) is 2.54. The molecule has 3 heteroatoms. The highest BCUT2D eigenvalue weighted by molar-refractivity contribution is 5.45. The molecule has 0 saturated heterocycles. The molecule has 1 N–H and O–H groups in total. The summed E-state index contributed by atoms with van der Waals surface area (Å²) in [6.07, 6.45) is 2.55. The summed E-state index contributed by atoms with van der Waals surface area (Å²) in [5.74, 6) is 6.89. The van der Waals surface area contributed by atoms with E-state index in [1.807, 2.05) is 24.3 Å². The molecule has 3 nitrogen and oxygen atoms in total. The van der Waals surface area contributed by atoms with Crippen molar-refractivity contribution in [2.45, 2.75) is 12.8 Å². The van der Waals surface area contributed by atoms with Crippen LogP contribution >= 0.6 is 0 Å².